The molecule has 0 aromatic carbocycles. The van der Waals surface area contributed by atoms with E-state index < -0.39 is 0 Å². The number of rotatable bonds is 4. The van der Waals surface area contributed by atoms with E-state index in [1.54, 1.807) is 0 Å². The highest BCUT2D eigenvalue weighted by atomic mass is 16.5. The van der Waals surface area contributed by atoms with Crippen LogP contribution in [-0.4, -0.2) is 49.7 Å². The number of nitrogens with one attached hydrogen (secondary N) is 1. The fourth-order valence-electron chi connectivity index (χ4n) is 4.44. The third-order valence-electron chi connectivity index (χ3n) is 5.72. The van der Waals surface area contributed by atoms with Gasteiger partial charge < -0.3 is 15.0 Å². The summed E-state index contributed by atoms with van der Waals surface area (Å²) >= 11 is 0. The van der Waals surface area contributed by atoms with E-state index in [9.17, 15) is 0 Å². The van der Waals surface area contributed by atoms with E-state index in [2.05, 4.69) is 17.1 Å². The number of hydrogen-bond acceptors (Lipinski definition) is 2. The lowest BCUT2D eigenvalue weighted by Gasteiger charge is -2.33. The minimum absolute atomic E-state index is 0.454. The highest BCUT2D eigenvalue weighted by Gasteiger charge is 2.39. The average molecular weight is 307 g/mol. The smallest absolute Gasteiger partial charge is 0.193 e. The maximum Gasteiger partial charge on any atom is 0.193 e. The van der Waals surface area contributed by atoms with E-state index >= 15 is 0 Å². The van der Waals surface area contributed by atoms with Crippen molar-refractivity contribution in [2.45, 2.75) is 70.8 Å². The fraction of sp³-hybridized carbons (Fsp3) is 0.944. The van der Waals surface area contributed by atoms with Gasteiger partial charge in [0, 0.05) is 32.8 Å². The lowest BCUT2D eigenvalue weighted by molar-refractivity contribution is 0.106. The van der Waals surface area contributed by atoms with Gasteiger partial charge >= 0.3 is 0 Å². The van der Waals surface area contributed by atoms with Crippen molar-refractivity contribution in [1.82, 2.24) is 10.2 Å². The molecule has 1 atom stereocenters. The van der Waals surface area contributed by atoms with Crippen LogP contribution in [0.4, 0.5) is 0 Å². The molecule has 22 heavy (non-hydrogen) atoms. The molecule has 4 nitrogen and oxygen atoms in total. The Morgan fingerprint density at radius 1 is 1.23 bits per heavy atom. The van der Waals surface area contributed by atoms with E-state index in [-0.39, 0.29) is 0 Å². The zero-order valence-electron chi connectivity index (χ0n) is 14.3. The maximum absolute atomic E-state index is 5.71. The van der Waals surface area contributed by atoms with Gasteiger partial charge in [-0.25, -0.2) is 0 Å². The van der Waals surface area contributed by atoms with Gasteiger partial charge in [0.25, 0.3) is 0 Å². The molecule has 3 fully saturated rings. The molecule has 0 radical (unpaired) electrons. The number of aliphatic imine (C=N–C) groups is 1. The molecule has 126 valence electrons. The van der Waals surface area contributed by atoms with Gasteiger partial charge in [-0.15, -0.1) is 0 Å². The van der Waals surface area contributed by atoms with Crippen molar-refractivity contribution in [3.63, 3.8) is 0 Å². The first kappa shape index (κ1) is 16.1. The van der Waals surface area contributed by atoms with Crippen molar-refractivity contribution < 1.29 is 4.74 Å². The first-order valence-electron chi connectivity index (χ1n) is 9.46. The van der Waals surface area contributed by atoms with Crippen LogP contribution in [0.3, 0.4) is 0 Å². The Labute approximate surface area is 135 Å². The van der Waals surface area contributed by atoms with Gasteiger partial charge in [0.05, 0.1) is 6.10 Å². The largest absolute Gasteiger partial charge is 0.378 e. The monoisotopic (exact) mass is 307 g/mol. The van der Waals surface area contributed by atoms with Crippen molar-refractivity contribution in [3.8, 4) is 0 Å². The summed E-state index contributed by atoms with van der Waals surface area (Å²) in [7, 11) is 0. The quantitative estimate of drug-likeness (QED) is 0.640. The summed E-state index contributed by atoms with van der Waals surface area (Å²) < 4.78 is 5.71. The van der Waals surface area contributed by atoms with E-state index in [1.165, 1.54) is 64.5 Å². The van der Waals surface area contributed by atoms with E-state index in [1.807, 2.05) is 0 Å². The third kappa shape index (κ3) is 3.95. The predicted octanol–water partition coefficient (Wildman–Crippen LogP) is 3.18. The van der Waals surface area contributed by atoms with Gasteiger partial charge in [-0.05, 0) is 50.9 Å². The molecule has 0 bridgehead atoms. The molecule has 2 saturated heterocycles. The maximum atomic E-state index is 5.71. The molecular formula is C18H33N3O. The predicted molar refractivity (Wildman–Crippen MR) is 91.3 cm³/mol. The van der Waals surface area contributed by atoms with Gasteiger partial charge in [-0.2, -0.15) is 0 Å². The van der Waals surface area contributed by atoms with Crippen molar-refractivity contribution in [1.29, 1.82) is 0 Å². The van der Waals surface area contributed by atoms with E-state index in [0.717, 1.165) is 32.1 Å². The molecule has 0 aromatic heterocycles. The summed E-state index contributed by atoms with van der Waals surface area (Å²) in [5.41, 5.74) is 0.600. The van der Waals surface area contributed by atoms with Gasteiger partial charge in [0.1, 0.15) is 0 Å². The van der Waals surface area contributed by atoms with Gasteiger partial charge in [-0.1, -0.05) is 19.3 Å². The third-order valence-corrected chi connectivity index (χ3v) is 5.72. The Balaban J connectivity index is 1.53. The molecule has 1 unspecified atom stereocenters. The molecule has 3 aliphatic rings. The Kier molecular flexibility index (Phi) is 5.61. The average Bonchev–Trinajstić information content (AvgIpc) is 3.18. The number of guanidine groups is 1. The number of hydrogen-bond donors (Lipinski definition) is 1. The molecular weight excluding hydrogens is 274 g/mol. The molecule has 1 N–H and O–H groups in total. The topological polar surface area (TPSA) is 36.9 Å². The molecule has 0 amide bonds. The van der Waals surface area contributed by atoms with Crippen molar-refractivity contribution in [2.24, 2.45) is 10.4 Å². The lowest BCUT2D eigenvalue weighted by atomic mass is 9.73. The van der Waals surface area contributed by atoms with Crippen LogP contribution in [0.25, 0.3) is 0 Å². The normalized spacial score (nSPS) is 28.5. The molecule has 4 heteroatoms. The minimum Gasteiger partial charge on any atom is -0.378 e. The first-order chi connectivity index (χ1) is 10.8. The van der Waals surface area contributed by atoms with Crippen LogP contribution >= 0.6 is 0 Å². The molecule has 2 aliphatic heterocycles. The van der Waals surface area contributed by atoms with Crippen molar-refractivity contribution >= 4 is 5.96 Å². The van der Waals surface area contributed by atoms with Gasteiger partial charge in [0.2, 0.25) is 0 Å². The van der Waals surface area contributed by atoms with E-state index in [4.69, 9.17) is 9.73 Å². The highest BCUT2D eigenvalue weighted by molar-refractivity contribution is 5.80. The van der Waals surface area contributed by atoms with Crippen LogP contribution in [0.5, 0.6) is 0 Å². The number of nitrogens with zero attached hydrogens (tertiary/aromatic N) is 2. The summed E-state index contributed by atoms with van der Waals surface area (Å²) in [4.78, 5) is 7.41. The first-order valence-corrected chi connectivity index (χ1v) is 9.46. The minimum atomic E-state index is 0.454. The number of likely N-dealkylation sites (tertiary alicyclic amines) is 1. The van der Waals surface area contributed by atoms with Crippen LogP contribution in [0.15, 0.2) is 4.99 Å². The standard InChI is InChI=1S/C18H33N3O/c1-2-19-17(20-12-8-16-7-6-14-22-16)21-13-11-18(15-21)9-4-3-5-10-18/h16H,2-15H2,1H3,(H,19,20). The summed E-state index contributed by atoms with van der Waals surface area (Å²) in [6.07, 6.45) is 12.5. The summed E-state index contributed by atoms with van der Waals surface area (Å²) in [6, 6.07) is 0. The lowest BCUT2D eigenvalue weighted by Crippen LogP contribution is -2.41. The summed E-state index contributed by atoms with van der Waals surface area (Å²) in [6.45, 7) is 7.38. The Morgan fingerprint density at radius 3 is 2.82 bits per heavy atom. The second-order valence-corrected chi connectivity index (χ2v) is 7.39. The molecule has 1 aliphatic carbocycles. The fourth-order valence-corrected chi connectivity index (χ4v) is 4.44. The van der Waals surface area contributed by atoms with Gasteiger partial charge in [0.15, 0.2) is 5.96 Å². The van der Waals surface area contributed by atoms with Crippen molar-refractivity contribution in [3.05, 3.63) is 0 Å². The highest BCUT2D eigenvalue weighted by Crippen LogP contribution is 2.43. The Morgan fingerprint density at radius 2 is 2.09 bits per heavy atom. The second-order valence-electron chi connectivity index (χ2n) is 7.39. The molecule has 1 saturated carbocycles. The van der Waals surface area contributed by atoms with Gasteiger partial charge in [-0.3, -0.25) is 4.99 Å². The molecule has 3 rings (SSSR count). The van der Waals surface area contributed by atoms with Crippen LogP contribution in [0.2, 0.25) is 0 Å². The number of ether oxygens (including phenoxy) is 1. The Bertz CT molecular complexity index is 371. The second kappa shape index (κ2) is 7.67. The molecule has 0 aromatic rings. The summed E-state index contributed by atoms with van der Waals surface area (Å²) in [5, 5.41) is 3.51. The SMILES string of the molecule is CCNC(=NCCC1CCCO1)N1CCC2(CCCCC2)C1. The van der Waals surface area contributed by atoms with Crippen LogP contribution in [0.1, 0.15) is 64.7 Å². The Hall–Kier alpha value is -0.770. The van der Waals surface area contributed by atoms with Crippen LogP contribution in [-0.2, 0) is 4.74 Å². The zero-order chi connectivity index (χ0) is 15.3. The summed E-state index contributed by atoms with van der Waals surface area (Å²) in [5.74, 6) is 1.14. The molecule has 2 heterocycles. The van der Waals surface area contributed by atoms with Crippen LogP contribution in [0, 0.1) is 5.41 Å². The van der Waals surface area contributed by atoms with E-state index in [0.29, 0.717) is 11.5 Å². The van der Waals surface area contributed by atoms with Crippen LogP contribution < -0.4 is 5.32 Å². The zero-order valence-corrected chi connectivity index (χ0v) is 14.3. The van der Waals surface area contributed by atoms with Crippen molar-refractivity contribution in [2.75, 3.05) is 32.8 Å². The molecule has 1 spiro atoms.